The maximum Gasteiger partial charge on any atom is 0.220 e. The van der Waals surface area contributed by atoms with Crippen molar-refractivity contribution in [3.63, 3.8) is 0 Å². The number of nitrogens with zero attached hydrogens (tertiary/aromatic N) is 1. The molecule has 0 atom stereocenters. The second-order valence-corrected chi connectivity index (χ2v) is 4.34. The van der Waals surface area contributed by atoms with E-state index in [9.17, 15) is 15.3 Å². The van der Waals surface area contributed by atoms with Gasteiger partial charge in [0.15, 0.2) is 18.5 Å². The van der Waals surface area contributed by atoms with Crippen LogP contribution in [0.15, 0.2) is 36.5 Å². The summed E-state index contributed by atoms with van der Waals surface area (Å²) >= 11 is 0. The Balaban J connectivity index is 0.00000242. The van der Waals surface area contributed by atoms with Gasteiger partial charge < -0.3 is 32.3 Å². The Kier molecular flexibility index (Phi) is 5.00. The van der Waals surface area contributed by atoms with Gasteiger partial charge in [-0.3, -0.25) is 0 Å². The average molecular weight is 342 g/mol. The van der Waals surface area contributed by atoms with Gasteiger partial charge in [0.25, 0.3) is 0 Å². The Morgan fingerprint density at radius 2 is 1.85 bits per heavy atom. The Bertz CT molecular complexity index is 645. The quantitative estimate of drug-likeness (QED) is 0.565. The van der Waals surface area contributed by atoms with Gasteiger partial charge in [-0.15, -0.1) is 0 Å². The summed E-state index contributed by atoms with van der Waals surface area (Å²) in [4.78, 5) is 0. The van der Waals surface area contributed by atoms with Crippen LogP contribution in [0.4, 0.5) is 0 Å². The van der Waals surface area contributed by atoms with Crippen molar-refractivity contribution < 1.29 is 39.6 Å². The summed E-state index contributed by atoms with van der Waals surface area (Å²) in [7, 11) is 0. The topological polar surface area (TPSA) is 64.6 Å². The van der Waals surface area contributed by atoms with Crippen LogP contribution in [0.3, 0.4) is 0 Å². The molecule has 0 saturated carbocycles. The van der Waals surface area contributed by atoms with Crippen LogP contribution in [0.25, 0.3) is 0 Å². The van der Waals surface area contributed by atoms with Gasteiger partial charge >= 0.3 is 0 Å². The molecule has 2 rings (SSSR count). The summed E-state index contributed by atoms with van der Waals surface area (Å²) in [5, 5.41) is 29.1. The van der Waals surface area contributed by atoms with E-state index in [1.54, 1.807) is 11.5 Å². The Morgan fingerprint density at radius 1 is 1.20 bits per heavy atom. The number of benzene rings is 1. The van der Waals surface area contributed by atoms with Crippen LogP contribution < -0.4 is 21.5 Å². The van der Waals surface area contributed by atoms with E-state index in [4.69, 9.17) is 2.74 Å². The van der Waals surface area contributed by atoms with E-state index in [0.29, 0.717) is 12.2 Å². The van der Waals surface area contributed by atoms with Gasteiger partial charge in [-0.05, 0) is 0 Å². The normalized spacial score (nSPS) is 12.3. The van der Waals surface area contributed by atoms with Crippen LogP contribution in [0.2, 0.25) is 0 Å². The summed E-state index contributed by atoms with van der Waals surface area (Å²) in [6.07, 6.45) is 1.42. The number of aliphatic hydroxyl groups excluding tert-OH is 1. The van der Waals surface area contributed by atoms with Gasteiger partial charge in [0, 0.05) is 18.1 Å². The zero-order valence-corrected chi connectivity index (χ0v) is 12.6. The van der Waals surface area contributed by atoms with Crippen molar-refractivity contribution in [3.8, 4) is 5.75 Å². The first-order valence-electron chi connectivity index (χ1n) is 6.97. The number of pyridine rings is 1. The highest BCUT2D eigenvalue weighted by Crippen LogP contribution is 2.23. The summed E-state index contributed by atoms with van der Waals surface area (Å²) in [6, 6.07) is 9.50. The standard InChI is InChI=1S/C15H17NO3.BrH/c1-11-15(19)14(10-18)13(9-17)8-16(11)7-12-5-3-2-4-6-12;/h2-6,8,17-18H,7,9-10H2,1H3;1H/i9D2;. The molecular weight excluding hydrogens is 322 g/mol. The van der Waals surface area contributed by atoms with Crippen molar-refractivity contribution in [1.29, 1.82) is 0 Å². The summed E-state index contributed by atoms with van der Waals surface area (Å²) in [6.45, 7) is -1.08. The molecule has 3 N–H and O–H groups in total. The number of aromatic hydroxyl groups is 1. The number of hydrogen-bond acceptors (Lipinski definition) is 3. The van der Waals surface area contributed by atoms with Crippen LogP contribution in [0, 0.1) is 6.92 Å². The molecular formula is C15H18BrNO3. The molecule has 1 heterocycles. The molecule has 0 radical (unpaired) electrons. The van der Waals surface area contributed by atoms with Crippen LogP contribution in [-0.4, -0.2) is 15.3 Å². The number of rotatable bonds is 4. The second kappa shape index (κ2) is 7.38. The third kappa shape index (κ3) is 3.36. The number of hydrogen-bond donors (Lipinski definition) is 3. The van der Waals surface area contributed by atoms with Crippen LogP contribution >= 0.6 is 0 Å². The van der Waals surface area contributed by atoms with E-state index in [-0.39, 0.29) is 33.9 Å². The minimum atomic E-state index is -2.64. The Hall–Kier alpha value is -1.43. The highest BCUT2D eigenvalue weighted by Gasteiger charge is 2.20. The molecule has 0 spiro atoms. The fraction of sp³-hybridized carbons (Fsp3) is 0.267. The third-order valence-corrected chi connectivity index (χ3v) is 3.14. The van der Waals surface area contributed by atoms with Crippen molar-refractivity contribution >= 4 is 0 Å². The lowest BCUT2D eigenvalue weighted by molar-refractivity contribution is -0.695. The smallest absolute Gasteiger partial charge is 0.220 e. The van der Waals surface area contributed by atoms with E-state index >= 15 is 0 Å². The molecule has 108 valence electrons. The van der Waals surface area contributed by atoms with Crippen molar-refractivity contribution in [2.45, 2.75) is 26.6 Å². The third-order valence-electron chi connectivity index (χ3n) is 3.14. The molecule has 4 nitrogen and oxygen atoms in total. The minimum Gasteiger partial charge on any atom is -1.00 e. The van der Waals surface area contributed by atoms with Crippen molar-refractivity contribution in [2.24, 2.45) is 0 Å². The largest absolute Gasteiger partial charge is 1.00 e. The molecule has 20 heavy (non-hydrogen) atoms. The second-order valence-electron chi connectivity index (χ2n) is 4.34. The maximum absolute atomic E-state index is 10.1. The predicted octanol–water partition coefficient (Wildman–Crippen LogP) is -1.97. The number of aromatic nitrogens is 1. The lowest BCUT2D eigenvalue weighted by atomic mass is 10.1. The molecule has 0 bridgehead atoms. The molecule has 0 aliphatic rings. The van der Waals surface area contributed by atoms with E-state index in [1.165, 1.54) is 6.20 Å². The van der Waals surface area contributed by atoms with E-state index in [2.05, 4.69) is 0 Å². The lowest BCUT2D eigenvalue weighted by Crippen LogP contribution is -3.00. The molecule has 1 aromatic carbocycles. The fourth-order valence-electron chi connectivity index (χ4n) is 2.01. The first kappa shape index (κ1) is 13.5. The molecule has 0 amide bonds. The van der Waals surface area contributed by atoms with Crippen molar-refractivity contribution in [2.75, 3.05) is 0 Å². The SMILES string of the molecule is [2H]C([2H])(O)c1c[n+](Cc2ccccc2)c(C)c(O)c1CO.[Br-]. The average Bonchev–Trinajstić information content (AvgIpc) is 2.44. The van der Waals surface area contributed by atoms with Crippen molar-refractivity contribution in [3.05, 3.63) is 58.9 Å². The monoisotopic (exact) mass is 341 g/mol. The van der Waals surface area contributed by atoms with Gasteiger partial charge in [0.05, 0.1) is 21.5 Å². The first-order chi connectivity index (χ1) is 9.84. The molecule has 5 heteroatoms. The first-order valence-corrected chi connectivity index (χ1v) is 5.97. The van der Waals surface area contributed by atoms with Gasteiger partial charge in [-0.25, -0.2) is 0 Å². The molecule has 0 aliphatic heterocycles. The molecule has 0 aliphatic carbocycles. The van der Waals surface area contributed by atoms with Crippen LogP contribution in [-0.2, 0) is 19.7 Å². The van der Waals surface area contributed by atoms with Crippen molar-refractivity contribution in [1.82, 2.24) is 0 Å². The molecule has 1 aromatic heterocycles. The molecule has 0 unspecified atom stereocenters. The maximum atomic E-state index is 10.1. The van der Waals surface area contributed by atoms with Gasteiger partial charge in [0.2, 0.25) is 5.69 Å². The van der Waals surface area contributed by atoms with E-state index in [0.717, 1.165) is 5.56 Å². The van der Waals surface area contributed by atoms with Crippen LogP contribution in [0.5, 0.6) is 5.75 Å². The van der Waals surface area contributed by atoms with E-state index in [1.807, 2.05) is 30.3 Å². The fourth-order valence-corrected chi connectivity index (χ4v) is 2.01. The summed E-state index contributed by atoms with van der Waals surface area (Å²) < 4.78 is 16.5. The van der Waals surface area contributed by atoms with Gasteiger partial charge in [-0.1, -0.05) is 30.3 Å². The van der Waals surface area contributed by atoms with Gasteiger partial charge in [-0.2, -0.15) is 4.57 Å². The Morgan fingerprint density at radius 3 is 2.40 bits per heavy atom. The zero-order chi connectivity index (χ0) is 15.6. The number of aliphatic hydroxyl groups is 2. The lowest BCUT2D eigenvalue weighted by Gasteiger charge is -2.10. The number of halogens is 1. The van der Waals surface area contributed by atoms with E-state index < -0.39 is 13.2 Å². The molecule has 2 aromatic rings. The summed E-state index contributed by atoms with van der Waals surface area (Å²) in [5.41, 5.74) is 1.34. The summed E-state index contributed by atoms with van der Waals surface area (Å²) in [5.74, 6) is -0.205. The molecule has 0 fully saturated rings. The van der Waals surface area contributed by atoms with Gasteiger partial charge in [0.1, 0.15) is 0 Å². The minimum absolute atomic E-state index is 0. The highest BCUT2D eigenvalue weighted by atomic mass is 79.9. The molecule has 0 saturated heterocycles. The van der Waals surface area contributed by atoms with Crippen LogP contribution in [0.1, 0.15) is 25.1 Å². The Labute approximate surface area is 131 Å². The zero-order valence-electron chi connectivity index (χ0n) is 13.0. The highest BCUT2D eigenvalue weighted by molar-refractivity contribution is 5.37. The predicted molar refractivity (Wildman–Crippen MR) is 70.4 cm³/mol.